The Morgan fingerprint density at radius 2 is 2.25 bits per heavy atom. The minimum Gasteiger partial charge on any atom is -0.481 e. The van der Waals surface area contributed by atoms with Crippen LogP contribution in [0.25, 0.3) is 0 Å². The van der Waals surface area contributed by atoms with Crippen molar-refractivity contribution in [3.63, 3.8) is 0 Å². The fraction of sp³-hybridized carbons (Fsp3) is 0.778. The van der Waals surface area contributed by atoms with Gasteiger partial charge in [-0.25, -0.2) is 0 Å². The van der Waals surface area contributed by atoms with Crippen LogP contribution in [-0.4, -0.2) is 11.1 Å². The first-order valence-corrected chi connectivity index (χ1v) is 4.32. The van der Waals surface area contributed by atoms with Gasteiger partial charge in [-0.1, -0.05) is 19.8 Å². The van der Waals surface area contributed by atoms with E-state index in [9.17, 15) is 4.79 Å². The van der Waals surface area contributed by atoms with E-state index in [0.717, 1.165) is 12.8 Å². The molecule has 1 unspecified atom stereocenters. The van der Waals surface area contributed by atoms with Crippen molar-refractivity contribution in [1.82, 2.24) is 0 Å². The first kappa shape index (κ1) is 11.0. The molecular formula is C9H15NO2. The molecule has 0 rings (SSSR count). The molecule has 68 valence electrons. The van der Waals surface area contributed by atoms with Crippen molar-refractivity contribution in [1.29, 1.82) is 5.26 Å². The van der Waals surface area contributed by atoms with Gasteiger partial charge in [-0.3, -0.25) is 4.79 Å². The van der Waals surface area contributed by atoms with E-state index in [2.05, 4.69) is 0 Å². The first-order valence-electron chi connectivity index (χ1n) is 4.32. The van der Waals surface area contributed by atoms with Crippen LogP contribution >= 0.6 is 0 Å². The summed E-state index contributed by atoms with van der Waals surface area (Å²) in [5.74, 6) is -1.08. The topological polar surface area (TPSA) is 61.1 Å². The Hall–Kier alpha value is -1.04. The van der Waals surface area contributed by atoms with Gasteiger partial charge in [-0.15, -0.1) is 0 Å². The minimum atomic E-state index is -0.765. The largest absolute Gasteiger partial charge is 0.481 e. The second-order valence-electron chi connectivity index (χ2n) is 2.87. The Kier molecular flexibility index (Phi) is 6.08. The predicted octanol–water partition coefficient (Wildman–Crippen LogP) is 2.18. The monoisotopic (exact) mass is 169 g/mol. The van der Waals surface area contributed by atoms with Crippen LogP contribution in [-0.2, 0) is 4.79 Å². The van der Waals surface area contributed by atoms with E-state index in [1.54, 1.807) is 0 Å². The maximum Gasteiger partial charge on any atom is 0.306 e. The normalized spacial score (nSPS) is 12.0. The second kappa shape index (κ2) is 6.66. The number of carboxylic acids is 1. The quantitative estimate of drug-likeness (QED) is 0.662. The van der Waals surface area contributed by atoms with Gasteiger partial charge in [0.25, 0.3) is 0 Å². The molecular weight excluding hydrogens is 154 g/mol. The van der Waals surface area contributed by atoms with Crippen LogP contribution in [0.2, 0.25) is 0 Å². The van der Waals surface area contributed by atoms with E-state index in [4.69, 9.17) is 10.4 Å². The van der Waals surface area contributed by atoms with Crippen LogP contribution in [0.1, 0.15) is 39.0 Å². The van der Waals surface area contributed by atoms with Gasteiger partial charge in [0.15, 0.2) is 0 Å². The molecule has 0 aliphatic carbocycles. The Bertz CT molecular complexity index is 172. The maximum absolute atomic E-state index is 10.6. The molecule has 0 aromatic heterocycles. The van der Waals surface area contributed by atoms with E-state index in [-0.39, 0.29) is 5.92 Å². The summed E-state index contributed by atoms with van der Waals surface area (Å²) >= 11 is 0. The lowest BCUT2D eigenvalue weighted by Gasteiger charge is -2.08. The maximum atomic E-state index is 10.6. The SMILES string of the molecule is CCCCC(CCC#N)C(=O)O. The number of unbranched alkanes of at least 4 members (excludes halogenated alkanes) is 1. The molecule has 0 bridgehead atoms. The summed E-state index contributed by atoms with van der Waals surface area (Å²) in [5, 5.41) is 17.0. The number of rotatable bonds is 6. The number of carboxylic acid groups (broad SMARTS) is 1. The summed E-state index contributed by atoms with van der Waals surface area (Å²) in [4.78, 5) is 10.6. The average Bonchev–Trinajstić information content (AvgIpc) is 2.04. The van der Waals surface area contributed by atoms with Gasteiger partial charge in [-0.05, 0) is 12.8 Å². The van der Waals surface area contributed by atoms with Gasteiger partial charge in [0, 0.05) is 6.42 Å². The minimum absolute atomic E-state index is 0.315. The summed E-state index contributed by atoms with van der Waals surface area (Å²) in [6.07, 6.45) is 3.48. The summed E-state index contributed by atoms with van der Waals surface area (Å²) in [5.41, 5.74) is 0. The van der Waals surface area contributed by atoms with E-state index < -0.39 is 5.97 Å². The number of nitriles is 1. The molecule has 0 aromatic rings. The zero-order valence-corrected chi connectivity index (χ0v) is 7.42. The summed E-state index contributed by atoms with van der Waals surface area (Å²) in [6, 6.07) is 1.97. The lowest BCUT2D eigenvalue weighted by atomic mass is 9.97. The zero-order chi connectivity index (χ0) is 9.40. The van der Waals surface area contributed by atoms with E-state index in [1.165, 1.54) is 0 Å². The molecule has 3 nitrogen and oxygen atoms in total. The van der Waals surface area contributed by atoms with Crippen LogP contribution in [0.5, 0.6) is 0 Å². The fourth-order valence-corrected chi connectivity index (χ4v) is 1.08. The lowest BCUT2D eigenvalue weighted by Crippen LogP contribution is -2.13. The summed E-state index contributed by atoms with van der Waals surface area (Å²) in [7, 11) is 0. The van der Waals surface area contributed by atoms with Crippen LogP contribution in [0, 0.1) is 17.2 Å². The third-order valence-corrected chi connectivity index (χ3v) is 1.86. The van der Waals surface area contributed by atoms with Crippen molar-refractivity contribution in [3.8, 4) is 6.07 Å². The third-order valence-electron chi connectivity index (χ3n) is 1.86. The van der Waals surface area contributed by atoms with Gasteiger partial charge in [0.2, 0.25) is 0 Å². The number of hydrogen-bond donors (Lipinski definition) is 1. The van der Waals surface area contributed by atoms with Crippen molar-refractivity contribution in [2.45, 2.75) is 39.0 Å². The highest BCUT2D eigenvalue weighted by Gasteiger charge is 2.15. The molecule has 12 heavy (non-hydrogen) atoms. The Morgan fingerprint density at radius 1 is 1.58 bits per heavy atom. The fourth-order valence-electron chi connectivity index (χ4n) is 1.08. The molecule has 0 heterocycles. The molecule has 1 N–H and O–H groups in total. The molecule has 0 saturated carbocycles. The van der Waals surface area contributed by atoms with Crippen LogP contribution in [0.15, 0.2) is 0 Å². The number of nitrogens with zero attached hydrogens (tertiary/aromatic N) is 1. The lowest BCUT2D eigenvalue weighted by molar-refractivity contribution is -0.142. The molecule has 1 atom stereocenters. The molecule has 0 saturated heterocycles. The van der Waals surface area contributed by atoms with Crippen molar-refractivity contribution in [2.24, 2.45) is 5.92 Å². The van der Waals surface area contributed by atoms with Crippen molar-refractivity contribution < 1.29 is 9.90 Å². The molecule has 0 aliphatic rings. The highest BCUT2D eigenvalue weighted by Crippen LogP contribution is 2.14. The van der Waals surface area contributed by atoms with Gasteiger partial charge in [0.05, 0.1) is 12.0 Å². The first-order chi connectivity index (χ1) is 5.72. The molecule has 0 aliphatic heterocycles. The van der Waals surface area contributed by atoms with Crippen molar-refractivity contribution in [3.05, 3.63) is 0 Å². The van der Waals surface area contributed by atoms with Gasteiger partial charge >= 0.3 is 5.97 Å². The number of hydrogen-bond acceptors (Lipinski definition) is 2. The van der Waals surface area contributed by atoms with E-state index in [1.807, 2.05) is 13.0 Å². The van der Waals surface area contributed by atoms with Crippen LogP contribution in [0.3, 0.4) is 0 Å². The van der Waals surface area contributed by atoms with Crippen LogP contribution in [0.4, 0.5) is 0 Å². The zero-order valence-electron chi connectivity index (χ0n) is 7.42. The third kappa shape index (κ3) is 4.73. The second-order valence-corrected chi connectivity index (χ2v) is 2.87. The highest BCUT2D eigenvalue weighted by molar-refractivity contribution is 5.69. The molecule has 0 spiro atoms. The van der Waals surface area contributed by atoms with Crippen molar-refractivity contribution >= 4 is 5.97 Å². The van der Waals surface area contributed by atoms with E-state index in [0.29, 0.717) is 19.3 Å². The van der Waals surface area contributed by atoms with Gasteiger partial charge in [0.1, 0.15) is 0 Å². The van der Waals surface area contributed by atoms with Crippen LogP contribution < -0.4 is 0 Å². The molecule has 0 fully saturated rings. The van der Waals surface area contributed by atoms with Crippen molar-refractivity contribution in [2.75, 3.05) is 0 Å². The van der Waals surface area contributed by atoms with E-state index >= 15 is 0 Å². The Labute approximate surface area is 73.0 Å². The Balaban J connectivity index is 3.72. The summed E-state index contributed by atoms with van der Waals surface area (Å²) in [6.45, 7) is 2.03. The summed E-state index contributed by atoms with van der Waals surface area (Å²) < 4.78 is 0. The average molecular weight is 169 g/mol. The molecule has 3 heteroatoms. The standard InChI is InChI=1S/C9H15NO2/c1-2-3-5-8(9(11)12)6-4-7-10/h8H,2-6H2,1H3,(H,11,12). The Morgan fingerprint density at radius 3 is 2.67 bits per heavy atom. The van der Waals surface area contributed by atoms with Gasteiger partial charge < -0.3 is 5.11 Å². The number of carbonyl (C=O) groups is 1. The number of aliphatic carboxylic acids is 1. The predicted molar refractivity (Wildman–Crippen MR) is 45.5 cm³/mol. The smallest absolute Gasteiger partial charge is 0.306 e. The highest BCUT2D eigenvalue weighted by atomic mass is 16.4. The van der Waals surface area contributed by atoms with Gasteiger partial charge in [-0.2, -0.15) is 5.26 Å². The molecule has 0 radical (unpaired) electrons. The molecule has 0 amide bonds. The molecule has 0 aromatic carbocycles.